The van der Waals surface area contributed by atoms with E-state index in [9.17, 15) is 14.4 Å². The Morgan fingerprint density at radius 3 is 2.15 bits per heavy atom. The highest BCUT2D eigenvalue weighted by Gasteiger charge is 2.55. The van der Waals surface area contributed by atoms with E-state index in [1.165, 1.54) is 13.8 Å². The van der Waals surface area contributed by atoms with E-state index in [0.29, 0.717) is 12.1 Å². The predicted molar refractivity (Wildman–Crippen MR) is 142 cm³/mol. The molecule has 0 bridgehead atoms. The van der Waals surface area contributed by atoms with Crippen molar-refractivity contribution in [2.45, 2.75) is 45.1 Å². The Morgan fingerprint density at radius 2 is 1.51 bits per heavy atom. The van der Waals surface area contributed by atoms with E-state index in [4.69, 9.17) is 14.2 Å². The molecule has 0 N–H and O–H groups in total. The fourth-order valence-corrected chi connectivity index (χ4v) is 5.23. The van der Waals surface area contributed by atoms with Crippen LogP contribution >= 0.6 is 0 Å². The summed E-state index contributed by atoms with van der Waals surface area (Å²) >= 11 is 0. The van der Waals surface area contributed by atoms with Crippen LogP contribution in [0.2, 0.25) is 0 Å². The van der Waals surface area contributed by atoms with Crippen LogP contribution in [0.25, 0.3) is 11.0 Å². The van der Waals surface area contributed by atoms with E-state index in [2.05, 4.69) is 0 Å². The fourth-order valence-electron chi connectivity index (χ4n) is 5.23. The maximum atomic E-state index is 13.6. The molecule has 0 aliphatic carbocycles. The van der Waals surface area contributed by atoms with E-state index >= 15 is 0 Å². The van der Waals surface area contributed by atoms with Crippen LogP contribution in [0.1, 0.15) is 43.9 Å². The minimum atomic E-state index is -1.41. The van der Waals surface area contributed by atoms with Gasteiger partial charge in [0.15, 0.2) is 17.0 Å². The minimum absolute atomic E-state index is 0.141. The first kappa shape index (κ1) is 26.2. The van der Waals surface area contributed by atoms with Crippen molar-refractivity contribution < 1.29 is 33.2 Å². The SMILES string of the molecule is CCOC(=O)C(c1ccccc1)C(C1C(=O)OC(C)(C)OC1=O)n1c[n+](Cc2ccccc2)c2ccccc21. The summed E-state index contributed by atoms with van der Waals surface area (Å²) in [5, 5.41) is 0. The summed E-state index contributed by atoms with van der Waals surface area (Å²) in [7, 11) is 0. The average molecular weight is 528 g/mol. The van der Waals surface area contributed by atoms with E-state index in [1.54, 1.807) is 19.1 Å². The van der Waals surface area contributed by atoms with E-state index in [1.807, 2.05) is 88.3 Å². The van der Waals surface area contributed by atoms with Gasteiger partial charge in [0.05, 0.1) is 6.61 Å². The quantitative estimate of drug-likeness (QED) is 0.193. The van der Waals surface area contributed by atoms with Crippen LogP contribution in [0, 0.1) is 5.92 Å². The lowest BCUT2D eigenvalue weighted by molar-refractivity contribution is -0.663. The molecule has 1 aliphatic rings. The Balaban J connectivity index is 1.73. The zero-order valence-corrected chi connectivity index (χ0v) is 22.2. The number of hydrogen-bond acceptors (Lipinski definition) is 6. The molecule has 0 saturated carbocycles. The predicted octanol–water partition coefficient (Wildman–Crippen LogP) is 4.32. The molecular formula is C31H31N2O6+. The first-order valence-corrected chi connectivity index (χ1v) is 13.0. The van der Waals surface area contributed by atoms with Gasteiger partial charge in [-0.25, -0.2) is 9.13 Å². The number of cyclic esters (lactones) is 2. The molecule has 1 saturated heterocycles. The van der Waals surface area contributed by atoms with Gasteiger partial charge in [-0.2, -0.15) is 0 Å². The highest BCUT2D eigenvalue weighted by atomic mass is 16.7. The number of hydrogen-bond donors (Lipinski definition) is 0. The van der Waals surface area contributed by atoms with Gasteiger partial charge in [-0.15, -0.1) is 0 Å². The Morgan fingerprint density at radius 1 is 0.923 bits per heavy atom. The summed E-state index contributed by atoms with van der Waals surface area (Å²) in [6.07, 6.45) is 1.85. The second-order valence-corrected chi connectivity index (χ2v) is 9.98. The van der Waals surface area contributed by atoms with Crippen LogP contribution in [-0.4, -0.2) is 34.9 Å². The Labute approximate surface area is 226 Å². The van der Waals surface area contributed by atoms with Gasteiger partial charge in [0.1, 0.15) is 18.5 Å². The molecule has 8 heteroatoms. The van der Waals surface area contributed by atoms with Gasteiger partial charge in [0, 0.05) is 13.8 Å². The molecular weight excluding hydrogens is 496 g/mol. The zero-order valence-electron chi connectivity index (χ0n) is 22.2. The lowest BCUT2D eigenvalue weighted by Crippen LogP contribution is -2.51. The molecule has 0 spiro atoms. The van der Waals surface area contributed by atoms with Crippen molar-refractivity contribution in [2.24, 2.45) is 5.92 Å². The number of nitrogens with zero attached hydrogens (tertiary/aromatic N) is 2. The summed E-state index contributed by atoms with van der Waals surface area (Å²) in [6.45, 7) is 5.42. The molecule has 1 aliphatic heterocycles. The van der Waals surface area contributed by atoms with Gasteiger partial charge in [0.2, 0.25) is 6.33 Å². The molecule has 1 aromatic heterocycles. The maximum Gasteiger partial charge on any atom is 0.328 e. The molecule has 2 atom stereocenters. The summed E-state index contributed by atoms with van der Waals surface area (Å²) in [5.74, 6) is -5.87. The first-order valence-electron chi connectivity index (χ1n) is 13.0. The Kier molecular flexibility index (Phi) is 7.19. The molecule has 2 unspecified atom stereocenters. The third-order valence-electron chi connectivity index (χ3n) is 6.83. The first-order chi connectivity index (χ1) is 18.8. The minimum Gasteiger partial charge on any atom is -0.465 e. The monoisotopic (exact) mass is 527 g/mol. The highest BCUT2D eigenvalue weighted by Crippen LogP contribution is 2.41. The number of imidazole rings is 1. The topological polar surface area (TPSA) is 87.7 Å². The normalized spacial score (nSPS) is 16.8. The third kappa shape index (κ3) is 5.27. The number of rotatable bonds is 8. The molecule has 0 amide bonds. The third-order valence-corrected chi connectivity index (χ3v) is 6.83. The molecule has 0 radical (unpaired) electrons. The molecule has 4 aromatic rings. The van der Waals surface area contributed by atoms with Crippen molar-refractivity contribution in [3.63, 3.8) is 0 Å². The second kappa shape index (κ2) is 10.7. The van der Waals surface area contributed by atoms with Crippen molar-refractivity contribution >= 4 is 28.9 Å². The summed E-state index contributed by atoms with van der Waals surface area (Å²) < 4.78 is 20.5. The van der Waals surface area contributed by atoms with Crippen molar-refractivity contribution in [2.75, 3.05) is 6.61 Å². The van der Waals surface area contributed by atoms with E-state index in [0.717, 1.165) is 16.6 Å². The molecule has 2 heterocycles. The van der Waals surface area contributed by atoms with Crippen LogP contribution < -0.4 is 4.57 Å². The van der Waals surface area contributed by atoms with Gasteiger partial charge in [-0.1, -0.05) is 72.8 Å². The maximum absolute atomic E-state index is 13.6. The van der Waals surface area contributed by atoms with Gasteiger partial charge in [-0.05, 0) is 30.2 Å². The van der Waals surface area contributed by atoms with Crippen LogP contribution in [-0.2, 0) is 35.1 Å². The summed E-state index contributed by atoms with van der Waals surface area (Å²) in [5.41, 5.74) is 3.30. The van der Waals surface area contributed by atoms with Crippen molar-refractivity contribution in [3.8, 4) is 0 Å². The lowest BCUT2D eigenvalue weighted by Gasteiger charge is -2.36. The second-order valence-electron chi connectivity index (χ2n) is 9.98. The number of carbonyl (C=O) groups excluding carboxylic acids is 3. The Bertz CT molecular complexity index is 1480. The lowest BCUT2D eigenvalue weighted by atomic mass is 9.82. The molecule has 3 aromatic carbocycles. The number of esters is 3. The molecule has 5 rings (SSSR count). The standard InChI is InChI=1S/C31H31N2O6/c1-4-37-28(34)25(22-15-9-6-10-16-22)27(26-29(35)38-31(2,3)39-30(26)36)33-20-32(19-21-13-7-5-8-14-21)23-17-11-12-18-24(23)33/h5-18,20,25-27H,4,19H2,1-3H3/q+1. The summed E-state index contributed by atoms with van der Waals surface area (Å²) in [4.78, 5) is 40.6. The van der Waals surface area contributed by atoms with Crippen LogP contribution in [0.5, 0.6) is 0 Å². The number of para-hydroxylation sites is 2. The largest absolute Gasteiger partial charge is 0.465 e. The number of ether oxygens (including phenoxy) is 3. The Hall–Kier alpha value is -4.46. The van der Waals surface area contributed by atoms with Crippen LogP contribution in [0.4, 0.5) is 0 Å². The van der Waals surface area contributed by atoms with Gasteiger partial charge < -0.3 is 14.2 Å². The number of fused-ring (bicyclic) bond motifs is 1. The molecule has 39 heavy (non-hydrogen) atoms. The van der Waals surface area contributed by atoms with Crippen LogP contribution in [0.3, 0.4) is 0 Å². The average Bonchev–Trinajstić information content (AvgIpc) is 3.26. The summed E-state index contributed by atoms with van der Waals surface area (Å²) in [6, 6.07) is 25.7. The zero-order chi connectivity index (χ0) is 27.6. The fraction of sp³-hybridized carbons (Fsp3) is 0.290. The smallest absolute Gasteiger partial charge is 0.328 e. The van der Waals surface area contributed by atoms with Crippen LogP contribution in [0.15, 0.2) is 91.3 Å². The van der Waals surface area contributed by atoms with E-state index < -0.39 is 41.6 Å². The number of carbonyl (C=O) groups is 3. The number of aromatic nitrogens is 2. The van der Waals surface area contributed by atoms with Crippen molar-refractivity contribution in [3.05, 3.63) is 102 Å². The molecule has 200 valence electrons. The highest BCUT2D eigenvalue weighted by molar-refractivity contribution is 5.98. The molecule has 1 fully saturated rings. The molecule has 8 nitrogen and oxygen atoms in total. The van der Waals surface area contributed by atoms with E-state index in [-0.39, 0.29) is 6.61 Å². The van der Waals surface area contributed by atoms with Crippen molar-refractivity contribution in [1.29, 1.82) is 0 Å². The van der Waals surface area contributed by atoms with Gasteiger partial charge >= 0.3 is 17.9 Å². The van der Waals surface area contributed by atoms with Crippen molar-refractivity contribution in [1.82, 2.24) is 4.57 Å². The number of benzene rings is 3. The van der Waals surface area contributed by atoms with Gasteiger partial charge in [-0.3, -0.25) is 14.4 Å². The van der Waals surface area contributed by atoms with Gasteiger partial charge in [0.25, 0.3) is 5.79 Å².